The van der Waals surface area contributed by atoms with E-state index in [1.54, 1.807) is 19.1 Å². The van der Waals surface area contributed by atoms with Crippen molar-refractivity contribution >= 4 is 5.69 Å². The highest BCUT2D eigenvalue weighted by molar-refractivity contribution is 5.48. The summed E-state index contributed by atoms with van der Waals surface area (Å²) in [7, 11) is 0. The van der Waals surface area contributed by atoms with Gasteiger partial charge in [0.2, 0.25) is 0 Å². The van der Waals surface area contributed by atoms with Gasteiger partial charge in [0.25, 0.3) is 0 Å². The minimum Gasteiger partial charge on any atom is -0.377 e. The van der Waals surface area contributed by atoms with Crippen LogP contribution in [0.2, 0.25) is 0 Å². The fraction of sp³-hybridized carbons (Fsp3) is 0.267. The van der Waals surface area contributed by atoms with Gasteiger partial charge in [0.1, 0.15) is 5.82 Å². The topological polar surface area (TPSA) is 24.9 Å². The molecule has 1 aromatic heterocycles. The Labute approximate surface area is 106 Å². The normalized spacial score (nSPS) is 17.6. The molecule has 1 aliphatic rings. The van der Waals surface area contributed by atoms with Gasteiger partial charge in [0.05, 0.1) is 11.7 Å². The number of nitrogens with one attached hydrogen (secondary N) is 1. The van der Waals surface area contributed by atoms with E-state index in [2.05, 4.69) is 16.4 Å². The number of rotatable bonds is 2. The Morgan fingerprint density at radius 2 is 2.22 bits per heavy atom. The van der Waals surface area contributed by atoms with Crippen molar-refractivity contribution in [1.29, 1.82) is 0 Å². The number of hydrogen-bond donors (Lipinski definition) is 1. The number of pyridine rings is 1. The number of aryl methyl sites for hydroxylation is 2. The molecule has 1 unspecified atom stereocenters. The van der Waals surface area contributed by atoms with Crippen molar-refractivity contribution in [3.63, 3.8) is 0 Å². The molecular weight excluding hydrogens is 227 g/mol. The van der Waals surface area contributed by atoms with Crippen LogP contribution in [-0.4, -0.2) is 4.98 Å². The van der Waals surface area contributed by atoms with E-state index in [0.717, 1.165) is 24.2 Å². The third-order valence-corrected chi connectivity index (χ3v) is 3.47. The predicted octanol–water partition coefficient (Wildman–Crippen LogP) is 3.63. The van der Waals surface area contributed by atoms with E-state index in [9.17, 15) is 4.39 Å². The van der Waals surface area contributed by atoms with Gasteiger partial charge in [0.15, 0.2) is 0 Å². The maximum absolute atomic E-state index is 13.5. The van der Waals surface area contributed by atoms with E-state index in [-0.39, 0.29) is 11.9 Å². The van der Waals surface area contributed by atoms with Crippen LogP contribution in [0.1, 0.15) is 29.3 Å². The van der Waals surface area contributed by atoms with Crippen LogP contribution >= 0.6 is 0 Å². The molecule has 18 heavy (non-hydrogen) atoms. The molecule has 0 radical (unpaired) electrons. The average Bonchev–Trinajstić information content (AvgIpc) is 2.78. The van der Waals surface area contributed by atoms with Crippen LogP contribution in [0, 0.1) is 12.7 Å². The first-order valence-electron chi connectivity index (χ1n) is 6.20. The van der Waals surface area contributed by atoms with Crippen LogP contribution in [-0.2, 0) is 6.42 Å². The summed E-state index contributed by atoms with van der Waals surface area (Å²) in [5.74, 6) is -0.167. The van der Waals surface area contributed by atoms with Gasteiger partial charge < -0.3 is 5.32 Å². The predicted molar refractivity (Wildman–Crippen MR) is 70.1 cm³/mol. The number of benzene rings is 1. The van der Waals surface area contributed by atoms with Gasteiger partial charge in [-0.25, -0.2) is 4.39 Å². The molecule has 0 saturated heterocycles. The van der Waals surface area contributed by atoms with Crippen molar-refractivity contribution < 1.29 is 4.39 Å². The first-order chi connectivity index (χ1) is 8.74. The molecule has 1 N–H and O–H groups in total. The van der Waals surface area contributed by atoms with Crippen molar-refractivity contribution in [2.75, 3.05) is 5.32 Å². The summed E-state index contributed by atoms with van der Waals surface area (Å²) < 4.78 is 13.5. The zero-order chi connectivity index (χ0) is 12.5. The van der Waals surface area contributed by atoms with Crippen molar-refractivity contribution in [3.05, 3.63) is 59.2 Å². The van der Waals surface area contributed by atoms with Crippen molar-refractivity contribution in [1.82, 2.24) is 4.98 Å². The first-order valence-corrected chi connectivity index (χ1v) is 6.20. The summed E-state index contributed by atoms with van der Waals surface area (Å²) in [5.41, 5.74) is 3.88. The second kappa shape index (κ2) is 4.41. The fourth-order valence-electron chi connectivity index (χ4n) is 2.44. The molecule has 0 amide bonds. The summed E-state index contributed by atoms with van der Waals surface area (Å²) in [6.07, 6.45) is 3.87. The van der Waals surface area contributed by atoms with Gasteiger partial charge in [0, 0.05) is 11.9 Å². The lowest BCUT2D eigenvalue weighted by molar-refractivity contribution is 0.618. The van der Waals surface area contributed by atoms with Crippen molar-refractivity contribution in [2.45, 2.75) is 25.8 Å². The number of anilines is 1. The monoisotopic (exact) mass is 242 g/mol. The number of aromatic nitrogens is 1. The minimum atomic E-state index is -0.167. The van der Waals surface area contributed by atoms with Crippen LogP contribution in [0.15, 0.2) is 36.5 Å². The maximum Gasteiger partial charge on any atom is 0.128 e. The molecule has 0 aliphatic heterocycles. The third-order valence-electron chi connectivity index (χ3n) is 3.47. The quantitative estimate of drug-likeness (QED) is 0.869. The van der Waals surface area contributed by atoms with Gasteiger partial charge in [-0.1, -0.05) is 12.1 Å². The first kappa shape index (κ1) is 11.2. The molecule has 92 valence electrons. The molecule has 0 fully saturated rings. The molecule has 0 bridgehead atoms. The lowest BCUT2D eigenvalue weighted by Crippen LogP contribution is -2.08. The Balaban J connectivity index is 1.84. The van der Waals surface area contributed by atoms with E-state index in [1.807, 2.05) is 18.3 Å². The zero-order valence-corrected chi connectivity index (χ0v) is 10.3. The highest BCUT2D eigenvalue weighted by Gasteiger charge is 2.23. The molecular formula is C15H15FN2. The lowest BCUT2D eigenvalue weighted by atomic mass is 10.1. The highest BCUT2D eigenvalue weighted by atomic mass is 19.1. The van der Waals surface area contributed by atoms with Crippen LogP contribution in [0.5, 0.6) is 0 Å². The van der Waals surface area contributed by atoms with Crippen LogP contribution in [0.4, 0.5) is 10.1 Å². The van der Waals surface area contributed by atoms with Gasteiger partial charge >= 0.3 is 0 Å². The van der Waals surface area contributed by atoms with Crippen molar-refractivity contribution in [3.8, 4) is 0 Å². The van der Waals surface area contributed by atoms with E-state index in [0.29, 0.717) is 5.56 Å². The Hall–Kier alpha value is -1.90. The Kier molecular flexibility index (Phi) is 2.74. The van der Waals surface area contributed by atoms with Crippen LogP contribution in [0.25, 0.3) is 0 Å². The molecule has 2 nitrogen and oxygen atoms in total. The molecule has 0 saturated carbocycles. The Morgan fingerprint density at radius 3 is 3.06 bits per heavy atom. The van der Waals surface area contributed by atoms with Gasteiger partial charge in [-0.2, -0.15) is 0 Å². The maximum atomic E-state index is 13.5. The standard InChI is InChI=1S/C15H15FN2/c1-10-4-6-12(9-13(10)16)18-14-7-5-11-3-2-8-17-15(11)14/h2-4,6,8-9,14,18H,5,7H2,1H3. The fourth-order valence-corrected chi connectivity index (χ4v) is 2.44. The SMILES string of the molecule is Cc1ccc(NC2CCc3cccnc32)cc1F. The lowest BCUT2D eigenvalue weighted by Gasteiger charge is -2.15. The zero-order valence-electron chi connectivity index (χ0n) is 10.3. The van der Waals surface area contributed by atoms with E-state index >= 15 is 0 Å². The average molecular weight is 242 g/mol. The minimum absolute atomic E-state index is 0.167. The van der Waals surface area contributed by atoms with Crippen LogP contribution in [0.3, 0.4) is 0 Å². The number of nitrogens with zero attached hydrogens (tertiary/aromatic N) is 1. The largest absolute Gasteiger partial charge is 0.377 e. The molecule has 1 aliphatic carbocycles. The Morgan fingerprint density at radius 1 is 1.33 bits per heavy atom. The van der Waals surface area contributed by atoms with Gasteiger partial charge in [-0.05, 0) is 49.1 Å². The van der Waals surface area contributed by atoms with Crippen LogP contribution < -0.4 is 5.32 Å². The second-order valence-electron chi connectivity index (χ2n) is 4.75. The summed E-state index contributed by atoms with van der Waals surface area (Å²) in [4.78, 5) is 4.42. The highest BCUT2D eigenvalue weighted by Crippen LogP contribution is 2.32. The van der Waals surface area contributed by atoms with E-state index < -0.39 is 0 Å². The number of hydrogen-bond acceptors (Lipinski definition) is 2. The van der Waals surface area contributed by atoms with E-state index in [4.69, 9.17) is 0 Å². The van der Waals surface area contributed by atoms with Gasteiger partial charge in [-0.3, -0.25) is 4.98 Å². The number of fused-ring (bicyclic) bond motifs is 1. The molecule has 1 heterocycles. The summed E-state index contributed by atoms with van der Waals surface area (Å²) in [6, 6.07) is 9.54. The third kappa shape index (κ3) is 1.96. The molecule has 3 rings (SSSR count). The second-order valence-corrected chi connectivity index (χ2v) is 4.75. The smallest absolute Gasteiger partial charge is 0.128 e. The number of halogens is 1. The summed E-state index contributed by atoms with van der Waals surface area (Å²) >= 11 is 0. The van der Waals surface area contributed by atoms with Gasteiger partial charge in [-0.15, -0.1) is 0 Å². The molecule has 1 atom stereocenters. The summed E-state index contributed by atoms with van der Waals surface area (Å²) in [6.45, 7) is 1.77. The summed E-state index contributed by atoms with van der Waals surface area (Å²) in [5, 5.41) is 3.36. The van der Waals surface area contributed by atoms with Crippen molar-refractivity contribution in [2.24, 2.45) is 0 Å². The molecule has 2 aromatic rings. The van der Waals surface area contributed by atoms with E-state index in [1.165, 1.54) is 5.56 Å². The molecule has 1 aromatic carbocycles. The Bertz CT molecular complexity index is 580. The molecule has 3 heteroatoms. The molecule has 0 spiro atoms.